The van der Waals surface area contributed by atoms with Crippen LogP contribution in [0.5, 0.6) is 11.5 Å². The largest absolute Gasteiger partial charge is 0.497 e. The van der Waals surface area contributed by atoms with Gasteiger partial charge in [0.2, 0.25) is 5.91 Å². The van der Waals surface area contributed by atoms with E-state index in [1.54, 1.807) is 12.0 Å². The summed E-state index contributed by atoms with van der Waals surface area (Å²) in [6.07, 6.45) is 2.15. The number of rotatable bonds is 10. The number of piperidine rings is 1. The number of amides is 2. The summed E-state index contributed by atoms with van der Waals surface area (Å²) in [4.78, 5) is 32.4. The first kappa shape index (κ1) is 29.0. The van der Waals surface area contributed by atoms with Crippen LogP contribution in [0.25, 0.3) is 10.9 Å². The maximum Gasteiger partial charge on any atom is 0.271 e. The second-order valence-corrected chi connectivity index (χ2v) is 12.1. The number of para-hydroxylation sites is 1. The fourth-order valence-corrected chi connectivity index (χ4v) is 6.68. The molecule has 0 saturated carbocycles. The van der Waals surface area contributed by atoms with Crippen LogP contribution < -0.4 is 14.8 Å². The topological polar surface area (TPSA) is 76.0 Å². The number of ether oxygens (including phenoxy) is 2. The number of nitrogens with one attached hydrogen (secondary N) is 1. The third kappa shape index (κ3) is 5.94. The molecule has 41 heavy (non-hydrogen) atoms. The van der Waals surface area contributed by atoms with Gasteiger partial charge in [0.1, 0.15) is 22.7 Å². The van der Waals surface area contributed by atoms with E-state index in [-0.39, 0.29) is 18.4 Å². The van der Waals surface area contributed by atoms with Crippen LogP contribution in [0.2, 0.25) is 0 Å². The molecule has 3 aromatic rings. The van der Waals surface area contributed by atoms with E-state index in [1.807, 2.05) is 66.9 Å². The molecule has 2 amide bonds. The molecule has 2 aliphatic rings. The van der Waals surface area contributed by atoms with E-state index in [2.05, 4.69) is 24.1 Å². The van der Waals surface area contributed by atoms with E-state index in [1.165, 1.54) is 6.42 Å². The van der Waals surface area contributed by atoms with Gasteiger partial charge in [-0.1, -0.05) is 32.0 Å². The number of benzene rings is 2. The average Bonchev–Trinajstić information content (AvgIpc) is 3.31. The highest BCUT2D eigenvalue weighted by Gasteiger charge is 2.47. The molecule has 0 spiro atoms. The summed E-state index contributed by atoms with van der Waals surface area (Å²) in [7, 11) is 1.63. The Hall–Kier alpha value is -3.52. The minimum absolute atomic E-state index is 0.143. The van der Waals surface area contributed by atoms with Crippen molar-refractivity contribution in [3.05, 3.63) is 59.8 Å². The lowest BCUT2D eigenvalue weighted by atomic mass is 9.92. The van der Waals surface area contributed by atoms with E-state index >= 15 is 0 Å². The van der Waals surface area contributed by atoms with Crippen molar-refractivity contribution in [3.63, 3.8) is 0 Å². The Morgan fingerprint density at radius 3 is 2.59 bits per heavy atom. The monoisotopic (exact) mass is 560 g/mol. The predicted molar refractivity (Wildman–Crippen MR) is 161 cm³/mol. The van der Waals surface area contributed by atoms with Gasteiger partial charge in [-0.05, 0) is 69.3 Å². The highest BCUT2D eigenvalue weighted by molar-refractivity contribution is 6.03. The molecular formula is C33H44N4O4. The van der Waals surface area contributed by atoms with E-state index in [4.69, 9.17) is 9.47 Å². The maximum atomic E-state index is 14.2. The molecule has 1 aromatic heterocycles. The van der Waals surface area contributed by atoms with Crippen molar-refractivity contribution >= 4 is 22.7 Å². The first-order chi connectivity index (χ1) is 19.7. The van der Waals surface area contributed by atoms with Gasteiger partial charge < -0.3 is 29.2 Å². The summed E-state index contributed by atoms with van der Waals surface area (Å²) in [5.74, 6) is 2.54. The molecule has 0 bridgehead atoms. The van der Waals surface area contributed by atoms with Crippen molar-refractivity contribution in [2.45, 2.75) is 59.2 Å². The highest BCUT2D eigenvalue weighted by atomic mass is 16.5. The second-order valence-electron chi connectivity index (χ2n) is 12.1. The van der Waals surface area contributed by atoms with Crippen LogP contribution in [0.4, 0.5) is 0 Å². The lowest BCUT2D eigenvalue weighted by Gasteiger charge is -2.44. The van der Waals surface area contributed by atoms with Gasteiger partial charge >= 0.3 is 0 Å². The Balaban J connectivity index is 1.41. The molecule has 220 valence electrons. The van der Waals surface area contributed by atoms with Gasteiger partial charge in [-0.3, -0.25) is 9.59 Å². The normalized spacial score (nSPS) is 23.0. The lowest BCUT2D eigenvalue weighted by Crippen LogP contribution is -2.63. The van der Waals surface area contributed by atoms with Gasteiger partial charge in [0, 0.05) is 36.7 Å². The number of methoxy groups -OCH3 is 1. The Labute approximate surface area is 243 Å². The molecule has 5 rings (SSSR count). The molecule has 1 saturated heterocycles. The SMILES string of the molecule is CCOc1ccccc1CN1C(=O)c2cc3ccc(OC)cc3n2C[C@@]1(C)C(=O)NCCCN1C[C@H](C)C[C@H](C)C1. The van der Waals surface area contributed by atoms with Gasteiger partial charge in [0.25, 0.3) is 5.91 Å². The quantitative estimate of drug-likeness (QED) is 0.355. The number of aromatic nitrogens is 1. The Morgan fingerprint density at radius 1 is 1.10 bits per heavy atom. The maximum absolute atomic E-state index is 14.2. The average molecular weight is 561 g/mol. The molecule has 0 radical (unpaired) electrons. The Bertz CT molecular complexity index is 1390. The molecule has 3 heterocycles. The summed E-state index contributed by atoms with van der Waals surface area (Å²) in [6, 6.07) is 15.4. The number of likely N-dealkylation sites (tertiary alicyclic amines) is 1. The van der Waals surface area contributed by atoms with Crippen molar-refractivity contribution in [3.8, 4) is 11.5 Å². The number of carbonyl (C=O) groups excluding carboxylic acids is 2. The Kier molecular flexibility index (Phi) is 8.59. The summed E-state index contributed by atoms with van der Waals surface area (Å²) in [5.41, 5.74) is 1.23. The zero-order valence-electron chi connectivity index (χ0n) is 25.1. The zero-order chi connectivity index (χ0) is 29.1. The number of carbonyl (C=O) groups is 2. The molecule has 2 aliphatic heterocycles. The van der Waals surface area contributed by atoms with Crippen LogP contribution in [0.15, 0.2) is 48.5 Å². The molecule has 2 aromatic carbocycles. The van der Waals surface area contributed by atoms with Crippen LogP contribution in [-0.4, -0.2) is 71.6 Å². The van der Waals surface area contributed by atoms with Gasteiger partial charge in [-0.2, -0.15) is 0 Å². The smallest absolute Gasteiger partial charge is 0.271 e. The molecule has 3 atom stereocenters. The number of hydrogen-bond donors (Lipinski definition) is 1. The van der Waals surface area contributed by atoms with Crippen molar-refractivity contribution in [1.29, 1.82) is 0 Å². The van der Waals surface area contributed by atoms with Crippen LogP contribution in [0.3, 0.4) is 0 Å². The number of nitrogens with zero attached hydrogens (tertiary/aromatic N) is 3. The van der Waals surface area contributed by atoms with Crippen LogP contribution in [0.1, 0.15) is 56.6 Å². The summed E-state index contributed by atoms with van der Waals surface area (Å²) in [6.45, 7) is 13.4. The highest BCUT2D eigenvalue weighted by Crippen LogP contribution is 2.36. The van der Waals surface area contributed by atoms with Crippen LogP contribution >= 0.6 is 0 Å². The van der Waals surface area contributed by atoms with E-state index in [9.17, 15) is 9.59 Å². The summed E-state index contributed by atoms with van der Waals surface area (Å²) < 4.78 is 13.3. The second kappa shape index (κ2) is 12.1. The molecule has 8 nitrogen and oxygen atoms in total. The van der Waals surface area contributed by atoms with Crippen molar-refractivity contribution in [2.24, 2.45) is 11.8 Å². The zero-order valence-corrected chi connectivity index (χ0v) is 25.1. The van der Waals surface area contributed by atoms with E-state index in [0.717, 1.165) is 48.3 Å². The Morgan fingerprint density at radius 2 is 1.85 bits per heavy atom. The molecule has 0 unspecified atom stereocenters. The number of fused-ring (bicyclic) bond motifs is 3. The van der Waals surface area contributed by atoms with E-state index in [0.29, 0.717) is 43.0 Å². The summed E-state index contributed by atoms with van der Waals surface area (Å²) in [5, 5.41) is 4.14. The van der Waals surface area contributed by atoms with Crippen molar-refractivity contribution in [2.75, 3.05) is 39.9 Å². The van der Waals surface area contributed by atoms with Crippen LogP contribution in [-0.2, 0) is 17.9 Å². The van der Waals surface area contributed by atoms with Gasteiger partial charge in [0.15, 0.2) is 0 Å². The molecule has 1 N–H and O–H groups in total. The summed E-state index contributed by atoms with van der Waals surface area (Å²) >= 11 is 0. The third-order valence-corrected chi connectivity index (χ3v) is 8.61. The van der Waals surface area contributed by atoms with Crippen LogP contribution in [0, 0.1) is 11.8 Å². The fourth-order valence-electron chi connectivity index (χ4n) is 6.68. The van der Waals surface area contributed by atoms with Gasteiger partial charge in [-0.15, -0.1) is 0 Å². The molecule has 0 aliphatic carbocycles. The van der Waals surface area contributed by atoms with E-state index < -0.39 is 5.54 Å². The molecule has 8 heteroatoms. The number of hydrogen-bond acceptors (Lipinski definition) is 5. The lowest BCUT2D eigenvalue weighted by molar-refractivity contribution is -0.133. The minimum atomic E-state index is -1.10. The predicted octanol–water partition coefficient (Wildman–Crippen LogP) is 4.95. The van der Waals surface area contributed by atoms with Crippen molar-refractivity contribution in [1.82, 2.24) is 19.7 Å². The minimum Gasteiger partial charge on any atom is -0.497 e. The standard InChI is InChI=1S/C33H44N4O4/c1-6-41-30-11-8-7-10-26(30)21-37-31(38)29-17-25-12-13-27(40-5)18-28(25)36(29)22-33(37,4)32(39)34-14-9-15-35-19-23(2)16-24(3)20-35/h7-8,10-13,17-18,23-24H,6,9,14-16,19-22H2,1-5H3,(H,34,39)/t23-,24+,33-/m0/s1. The molecule has 1 fully saturated rings. The first-order valence-corrected chi connectivity index (χ1v) is 14.9. The fraction of sp³-hybridized carbons (Fsp3) is 0.515. The van der Waals surface area contributed by atoms with Gasteiger partial charge in [-0.25, -0.2) is 0 Å². The van der Waals surface area contributed by atoms with Gasteiger partial charge in [0.05, 0.1) is 32.3 Å². The molecular weight excluding hydrogens is 516 g/mol. The first-order valence-electron chi connectivity index (χ1n) is 14.9. The van der Waals surface area contributed by atoms with Crippen molar-refractivity contribution < 1.29 is 19.1 Å². The third-order valence-electron chi connectivity index (χ3n) is 8.61.